The first-order valence-electron chi connectivity index (χ1n) is 13.2. The topological polar surface area (TPSA) is 89.9 Å². The van der Waals surface area contributed by atoms with E-state index in [9.17, 15) is 14.7 Å². The number of carboxylic acid groups (broad SMARTS) is 1. The maximum atomic E-state index is 13.2. The summed E-state index contributed by atoms with van der Waals surface area (Å²) in [5.74, 6) is 2.08. The number of fused-ring (bicyclic) bond motifs is 1. The highest BCUT2D eigenvalue weighted by atomic mass is 16.4. The number of hydrogen-bond donors (Lipinski definition) is 1. The largest absolute Gasteiger partial charge is 0.465 e. The van der Waals surface area contributed by atoms with Gasteiger partial charge in [-0.15, -0.1) is 0 Å². The molecule has 3 atom stereocenters. The van der Waals surface area contributed by atoms with Crippen LogP contribution in [0.25, 0.3) is 0 Å². The zero-order valence-electron chi connectivity index (χ0n) is 21.3. The Morgan fingerprint density at radius 3 is 2.14 bits per heavy atom. The molecule has 0 radical (unpaired) electrons. The number of aromatic nitrogens is 2. The molecular weight excluding hydrogens is 454 g/mol. The molecule has 192 valence electrons. The van der Waals surface area contributed by atoms with Gasteiger partial charge >= 0.3 is 6.09 Å². The molecule has 0 saturated carbocycles. The Labute approximate surface area is 213 Å². The fourth-order valence-corrected chi connectivity index (χ4v) is 6.69. The average molecular weight is 492 g/mol. The minimum Gasteiger partial charge on any atom is -0.465 e. The molecule has 0 bridgehead atoms. The van der Waals surface area contributed by atoms with Gasteiger partial charge in [-0.05, 0) is 68.9 Å². The van der Waals surface area contributed by atoms with Gasteiger partial charge in [0.15, 0.2) is 0 Å². The molecular formula is C28H37N5O3. The molecule has 3 aliphatic rings. The zero-order valence-corrected chi connectivity index (χ0v) is 21.3. The van der Waals surface area contributed by atoms with Crippen molar-refractivity contribution in [1.82, 2.24) is 24.7 Å². The SMILES string of the molecule is Cc1ncnc(C)c1C(=O)N1CC2CN(CCC(c3ccccc3)C3CCN(C(=O)O)CC3)CC2C1. The normalized spacial score (nSPS) is 23.6. The maximum Gasteiger partial charge on any atom is 0.407 e. The van der Waals surface area contributed by atoms with Crippen LogP contribution in [0.15, 0.2) is 36.7 Å². The quantitative estimate of drug-likeness (QED) is 0.663. The second kappa shape index (κ2) is 10.5. The van der Waals surface area contributed by atoms with Crippen molar-refractivity contribution in [2.45, 2.75) is 39.0 Å². The number of benzene rings is 1. The molecule has 3 saturated heterocycles. The molecule has 3 unspecified atom stereocenters. The van der Waals surface area contributed by atoms with E-state index in [4.69, 9.17) is 0 Å². The Morgan fingerprint density at radius 1 is 0.944 bits per heavy atom. The first-order valence-corrected chi connectivity index (χ1v) is 13.2. The summed E-state index contributed by atoms with van der Waals surface area (Å²) < 4.78 is 0. The Bertz CT molecular complexity index is 1050. The van der Waals surface area contributed by atoms with Gasteiger partial charge in [-0.1, -0.05) is 30.3 Å². The minimum atomic E-state index is -0.800. The number of rotatable bonds is 6. The molecule has 0 spiro atoms. The van der Waals surface area contributed by atoms with E-state index in [2.05, 4.69) is 45.2 Å². The minimum absolute atomic E-state index is 0.0726. The number of nitrogens with zero attached hydrogens (tertiary/aromatic N) is 5. The summed E-state index contributed by atoms with van der Waals surface area (Å²) in [6.07, 6.45) is 3.66. The third-order valence-corrected chi connectivity index (χ3v) is 8.65. The monoisotopic (exact) mass is 491 g/mol. The van der Waals surface area contributed by atoms with E-state index >= 15 is 0 Å². The van der Waals surface area contributed by atoms with Crippen molar-refractivity contribution in [2.24, 2.45) is 17.8 Å². The van der Waals surface area contributed by atoms with Crippen molar-refractivity contribution in [3.05, 3.63) is 59.2 Å². The Hall–Kier alpha value is -3.00. The maximum absolute atomic E-state index is 13.2. The van der Waals surface area contributed by atoms with Crippen LogP contribution in [0, 0.1) is 31.6 Å². The van der Waals surface area contributed by atoms with Crippen molar-refractivity contribution in [1.29, 1.82) is 0 Å². The van der Waals surface area contributed by atoms with E-state index in [0.29, 0.717) is 42.3 Å². The number of carbonyl (C=O) groups excluding carboxylic acids is 1. The molecule has 4 heterocycles. The molecule has 8 heteroatoms. The van der Waals surface area contributed by atoms with Gasteiger partial charge in [-0.2, -0.15) is 0 Å². The average Bonchev–Trinajstić information content (AvgIpc) is 3.44. The second-order valence-electron chi connectivity index (χ2n) is 10.8. The van der Waals surface area contributed by atoms with Gasteiger partial charge in [0, 0.05) is 39.3 Å². The standard InChI is InChI=1S/C28H37N5O3/c1-19-26(20(2)30-18-29-19)27(34)33-16-23-14-31(15-24(23)17-33)11-10-25(21-6-4-3-5-7-21)22-8-12-32(13-9-22)28(35)36/h3-7,18,22-25H,8-17H2,1-2H3,(H,35,36). The van der Waals surface area contributed by atoms with E-state index in [1.54, 1.807) is 4.90 Å². The lowest BCUT2D eigenvalue weighted by Crippen LogP contribution is -2.39. The number of aryl methyl sites for hydroxylation is 2. The van der Waals surface area contributed by atoms with E-state index in [-0.39, 0.29) is 5.91 Å². The second-order valence-corrected chi connectivity index (χ2v) is 10.8. The number of hydrogen-bond acceptors (Lipinski definition) is 5. The molecule has 8 nitrogen and oxygen atoms in total. The predicted octanol–water partition coefficient (Wildman–Crippen LogP) is 3.66. The van der Waals surface area contributed by atoms with Crippen molar-refractivity contribution >= 4 is 12.0 Å². The van der Waals surface area contributed by atoms with Crippen molar-refractivity contribution in [3.8, 4) is 0 Å². The van der Waals surface area contributed by atoms with Gasteiger partial charge in [0.2, 0.25) is 0 Å². The van der Waals surface area contributed by atoms with Gasteiger partial charge in [-0.25, -0.2) is 14.8 Å². The summed E-state index contributed by atoms with van der Waals surface area (Å²) in [5.41, 5.74) is 3.55. The molecule has 3 aliphatic heterocycles. The molecule has 1 aromatic heterocycles. The van der Waals surface area contributed by atoms with Crippen LogP contribution in [0.1, 0.15) is 52.5 Å². The Morgan fingerprint density at radius 2 is 1.56 bits per heavy atom. The summed E-state index contributed by atoms with van der Waals surface area (Å²) in [6, 6.07) is 10.7. The molecule has 1 aromatic carbocycles. The Kier molecular flexibility index (Phi) is 7.23. The lowest BCUT2D eigenvalue weighted by atomic mass is 9.78. The first kappa shape index (κ1) is 24.7. The lowest BCUT2D eigenvalue weighted by molar-refractivity contribution is 0.0770. The van der Waals surface area contributed by atoms with Crippen LogP contribution in [0.5, 0.6) is 0 Å². The first-order chi connectivity index (χ1) is 17.4. The third kappa shape index (κ3) is 5.09. The lowest BCUT2D eigenvalue weighted by Gasteiger charge is -2.36. The molecule has 2 aromatic rings. The van der Waals surface area contributed by atoms with Crippen LogP contribution >= 0.6 is 0 Å². The van der Waals surface area contributed by atoms with E-state index in [1.807, 2.05) is 18.7 Å². The van der Waals surface area contributed by atoms with Gasteiger partial charge in [0.05, 0.1) is 17.0 Å². The fraction of sp³-hybridized carbons (Fsp3) is 0.571. The van der Waals surface area contributed by atoms with Crippen molar-refractivity contribution < 1.29 is 14.7 Å². The summed E-state index contributed by atoms with van der Waals surface area (Å²) in [7, 11) is 0. The number of amides is 2. The molecule has 0 aliphatic carbocycles. The van der Waals surface area contributed by atoms with Crippen LogP contribution in [0.4, 0.5) is 4.79 Å². The van der Waals surface area contributed by atoms with E-state index < -0.39 is 6.09 Å². The third-order valence-electron chi connectivity index (χ3n) is 8.65. The van der Waals surface area contributed by atoms with Crippen LogP contribution in [0.3, 0.4) is 0 Å². The molecule has 2 amide bonds. The van der Waals surface area contributed by atoms with E-state index in [1.165, 1.54) is 11.9 Å². The van der Waals surface area contributed by atoms with Gasteiger partial charge in [0.1, 0.15) is 6.33 Å². The predicted molar refractivity (Wildman–Crippen MR) is 137 cm³/mol. The summed E-state index contributed by atoms with van der Waals surface area (Å²) >= 11 is 0. The smallest absolute Gasteiger partial charge is 0.407 e. The van der Waals surface area contributed by atoms with Crippen LogP contribution in [-0.2, 0) is 0 Å². The van der Waals surface area contributed by atoms with Gasteiger partial charge in [0.25, 0.3) is 5.91 Å². The highest BCUT2D eigenvalue weighted by molar-refractivity contribution is 5.96. The number of piperidine rings is 1. The fourth-order valence-electron chi connectivity index (χ4n) is 6.69. The van der Waals surface area contributed by atoms with E-state index in [0.717, 1.165) is 63.4 Å². The van der Waals surface area contributed by atoms with Crippen LogP contribution in [0.2, 0.25) is 0 Å². The Balaban J connectivity index is 1.18. The number of likely N-dealkylation sites (tertiary alicyclic amines) is 3. The number of carbonyl (C=O) groups is 2. The summed E-state index contributed by atoms with van der Waals surface area (Å²) in [4.78, 5) is 39.2. The highest BCUT2D eigenvalue weighted by Gasteiger charge is 2.42. The summed E-state index contributed by atoms with van der Waals surface area (Å²) in [5, 5.41) is 9.34. The van der Waals surface area contributed by atoms with Crippen LogP contribution < -0.4 is 0 Å². The summed E-state index contributed by atoms with van der Waals surface area (Å²) in [6.45, 7) is 9.77. The molecule has 1 N–H and O–H groups in total. The van der Waals surface area contributed by atoms with Crippen molar-refractivity contribution in [2.75, 3.05) is 45.8 Å². The highest BCUT2D eigenvalue weighted by Crippen LogP contribution is 2.37. The van der Waals surface area contributed by atoms with Gasteiger partial charge < -0.3 is 19.8 Å². The van der Waals surface area contributed by atoms with Crippen molar-refractivity contribution in [3.63, 3.8) is 0 Å². The molecule has 3 fully saturated rings. The van der Waals surface area contributed by atoms with Crippen LogP contribution in [-0.4, -0.2) is 87.6 Å². The zero-order chi connectivity index (χ0) is 25.2. The molecule has 36 heavy (non-hydrogen) atoms. The molecule has 5 rings (SSSR count). The van der Waals surface area contributed by atoms with Gasteiger partial charge in [-0.3, -0.25) is 4.79 Å².